The van der Waals surface area contributed by atoms with Gasteiger partial charge in [0.25, 0.3) is 0 Å². The van der Waals surface area contributed by atoms with Gasteiger partial charge >= 0.3 is 0 Å². The van der Waals surface area contributed by atoms with E-state index in [9.17, 15) is 4.79 Å². The van der Waals surface area contributed by atoms with Crippen LogP contribution in [0.3, 0.4) is 0 Å². The molecular weight excluding hydrogens is 316 g/mol. The van der Waals surface area contributed by atoms with Crippen LogP contribution in [0.15, 0.2) is 42.7 Å². The smallest absolute Gasteiger partial charge is 0.217 e. The van der Waals surface area contributed by atoms with Gasteiger partial charge in [0.15, 0.2) is 0 Å². The standard InChI is InChI=1S/C19H24N4O2/c1-15(24)22-13-17-12-18(5-9-21-17)25-19-7-11-23(14-19)10-6-16-4-2-3-8-20-16/h2-5,8-9,12,19H,6-7,10-11,13-14H2,1H3,(H,22,24). The lowest BCUT2D eigenvalue weighted by atomic mass is 10.2. The molecule has 0 saturated carbocycles. The van der Waals surface area contributed by atoms with Crippen molar-refractivity contribution in [1.82, 2.24) is 20.2 Å². The minimum absolute atomic E-state index is 0.0625. The summed E-state index contributed by atoms with van der Waals surface area (Å²) < 4.78 is 6.10. The summed E-state index contributed by atoms with van der Waals surface area (Å²) in [5, 5.41) is 2.75. The lowest BCUT2D eigenvalue weighted by Gasteiger charge is -2.17. The molecule has 0 aliphatic carbocycles. The number of hydrogen-bond acceptors (Lipinski definition) is 5. The van der Waals surface area contributed by atoms with Crippen LogP contribution in [0.5, 0.6) is 5.75 Å². The van der Waals surface area contributed by atoms with Gasteiger partial charge in [0.1, 0.15) is 11.9 Å². The normalized spacial score (nSPS) is 17.4. The van der Waals surface area contributed by atoms with Gasteiger partial charge in [0.05, 0.1) is 12.2 Å². The monoisotopic (exact) mass is 340 g/mol. The lowest BCUT2D eigenvalue weighted by Crippen LogP contribution is -2.27. The third-order valence-electron chi connectivity index (χ3n) is 4.25. The van der Waals surface area contributed by atoms with Crippen LogP contribution >= 0.6 is 0 Å². The van der Waals surface area contributed by atoms with Crippen molar-refractivity contribution in [3.8, 4) is 5.75 Å². The number of pyridine rings is 2. The van der Waals surface area contributed by atoms with Gasteiger partial charge in [0, 0.05) is 57.1 Å². The summed E-state index contributed by atoms with van der Waals surface area (Å²) in [4.78, 5) is 22.0. The zero-order valence-corrected chi connectivity index (χ0v) is 14.5. The highest BCUT2D eigenvalue weighted by atomic mass is 16.5. The van der Waals surface area contributed by atoms with Crippen molar-refractivity contribution in [3.63, 3.8) is 0 Å². The van der Waals surface area contributed by atoms with Crippen LogP contribution in [0.1, 0.15) is 24.7 Å². The molecule has 1 atom stereocenters. The number of hydrogen-bond donors (Lipinski definition) is 1. The van der Waals surface area contributed by atoms with E-state index >= 15 is 0 Å². The predicted octanol–water partition coefficient (Wildman–Crippen LogP) is 1.81. The number of ether oxygens (including phenoxy) is 1. The second kappa shape index (κ2) is 8.58. The van der Waals surface area contributed by atoms with E-state index < -0.39 is 0 Å². The molecule has 1 saturated heterocycles. The summed E-state index contributed by atoms with van der Waals surface area (Å²) in [6, 6.07) is 9.80. The van der Waals surface area contributed by atoms with Gasteiger partial charge in [-0.15, -0.1) is 0 Å². The molecule has 1 amide bonds. The third-order valence-corrected chi connectivity index (χ3v) is 4.25. The summed E-state index contributed by atoms with van der Waals surface area (Å²) in [7, 11) is 0. The molecule has 0 bridgehead atoms. The van der Waals surface area contributed by atoms with E-state index in [-0.39, 0.29) is 12.0 Å². The molecule has 1 aliphatic heterocycles. The fourth-order valence-corrected chi connectivity index (χ4v) is 2.95. The third kappa shape index (κ3) is 5.53. The molecule has 6 nitrogen and oxygen atoms in total. The van der Waals surface area contributed by atoms with Gasteiger partial charge in [-0.3, -0.25) is 19.7 Å². The van der Waals surface area contributed by atoms with Crippen LogP contribution in [0, 0.1) is 0 Å². The van der Waals surface area contributed by atoms with Gasteiger partial charge in [-0.25, -0.2) is 0 Å². The number of carbonyl (C=O) groups is 1. The number of nitrogens with zero attached hydrogens (tertiary/aromatic N) is 3. The number of aromatic nitrogens is 2. The molecule has 2 aromatic rings. The van der Waals surface area contributed by atoms with Gasteiger partial charge < -0.3 is 10.1 Å². The number of likely N-dealkylation sites (tertiary alicyclic amines) is 1. The maximum absolute atomic E-state index is 11.0. The van der Waals surface area contributed by atoms with Crippen LogP contribution in [0.25, 0.3) is 0 Å². The van der Waals surface area contributed by atoms with Crippen molar-refractivity contribution in [2.75, 3.05) is 19.6 Å². The fraction of sp³-hybridized carbons (Fsp3) is 0.421. The molecule has 1 unspecified atom stereocenters. The summed E-state index contributed by atoms with van der Waals surface area (Å²) in [5.74, 6) is 0.749. The Morgan fingerprint density at radius 2 is 2.16 bits per heavy atom. The Morgan fingerprint density at radius 3 is 2.96 bits per heavy atom. The van der Waals surface area contributed by atoms with Crippen molar-refractivity contribution in [3.05, 3.63) is 54.1 Å². The number of rotatable bonds is 7. The summed E-state index contributed by atoms with van der Waals surface area (Å²) in [5.41, 5.74) is 1.93. The van der Waals surface area contributed by atoms with Crippen molar-refractivity contribution in [2.45, 2.75) is 32.4 Å². The minimum atomic E-state index is -0.0625. The van der Waals surface area contributed by atoms with E-state index in [0.717, 1.165) is 49.6 Å². The van der Waals surface area contributed by atoms with Crippen molar-refractivity contribution in [1.29, 1.82) is 0 Å². The number of carbonyl (C=O) groups excluding carboxylic acids is 1. The Balaban J connectivity index is 1.46. The largest absolute Gasteiger partial charge is 0.489 e. The maximum atomic E-state index is 11.0. The van der Waals surface area contributed by atoms with Crippen LogP contribution in [-0.4, -0.2) is 46.5 Å². The maximum Gasteiger partial charge on any atom is 0.217 e. The molecule has 1 aliphatic rings. The predicted molar refractivity (Wildman–Crippen MR) is 95.2 cm³/mol. The first kappa shape index (κ1) is 17.4. The fourth-order valence-electron chi connectivity index (χ4n) is 2.95. The molecule has 0 spiro atoms. The Labute approximate surface area is 148 Å². The van der Waals surface area contributed by atoms with Crippen LogP contribution in [-0.2, 0) is 17.8 Å². The quantitative estimate of drug-likeness (QED) is 0.833. The van der Waals surface area contributed by atoms with Crippen molar-refractivity contribution >= 4 is 5.91 Å². The highest BCUT2D eigenvalue weighted by Gasteiger charge is 2.23. The molecule has 0 aromatic carbocycles. The average molecular weight is 340 g/mol. The summed E-state index contributed by atoms with van der Waals surface area (Å²) in [6.07, 6.45) is 5.74. The molecule has 1 fully saturated rings. The topological polar surface area (TPSA) is 67.3 Å². The minimum Gasteiger partial charge on any atom is -0.489 e. The van der Waals surface area contributed by atoms with Gasteiger partial charge in [-0.1, -0.05) is 6.07 Å². The average Bonchev–Trinajstić information content (AvgIpc) is 3.07. The van der Waals surface area contributed by atoms with E-state index in [4.69, 9.17) is 4.74 Å². The lowest BCUT2D eigenvalue weighted by molar-refractivity contribution is -0.119. The second-order valence-electron chi connectivity index (χ2n) is 6.29. The van der Waals surface area contributed by atoms with E-state index in [1.807, 2.05) is 30.5 Å². The molecule has 0 radical (unpaired) electrons. The summed E-state index contributed by atoms with van der Waals surface area (Å²) in [6.45, 7) is 4.89. The van der Waals surface area contributed by atoms with Gasteiger partial charge in [-0.05, 0) is 24.6 Å². The Hall–Kier alpha value is -2.47. The van der Waals surface area contributed by atoms with E-state index in [1.165, 1.54) is 6.92 Å². The summed E-state index contributed by atoms with van der Waals surface area (Å²) >= 11 is 0. The van der Waals surface area contributed by atoms with E-state index in [1.54, 1.807) is 6.20 Å². The first-order valence-electron chi connectivity index (χ1n) is 8.67. The second-order valence-corrected chi connectivity index (χ2v) is 6.29. The Kier molecular flexibility index (Phi) is 5.95. The molecule has 2 aromatic heterocycles. The molecule has 6 heteroatoms. The molecule has 3 rings (SSSR count). The molecular formula is C19H24N4O2. The van der Waals surface area contributed by atoms with Gasteiger partial charge in [-0.2, -0.15) is 0 Å². The van der Waals surface area contributed by atoms with Crippen LogP contribution in [0.2, 0.25) is 0 Å². The Bertz CT molecular complexity index is 693. The molecule has 3 heterocycles. The molecule has 25 heavy (non-hydrogen) atoms. The van der Waals surface area contributed by atoms with Crippen molar-refractivity contribution in [2.24, 2.45) is 0 Å². The SMILES string of the molecule is CC(=O)NCc1cc(OC2CCN(CCc3ccccn3)C2)ccn1. The van der Waals surface area contributed by atoms with Crippen LogP contribution in [0.4, 0.5) is 0 Å². The highest BCUT2D eigenvalue weighted by Crippen LogP contribution is 2.19. The Morgan fingerprint density at radius 1 is 1.28 bits per heavy atom. The highest BCUT2D eigenvalue weighted by molar-refractivity contribution is 5.72. The zero-order valence-electron chi connectivity index (χ0n) is 14.5. The van der Waals surface area contributed by atoms with E-state index in [0.29, 0.717) is 6.54 Å². The number of amides is 1. The molecule has 1 N–H and O–H groups in total. The van der Waals surface area contributed by atoms with Crippen LogP contribution < -0.4 is 10.1 Å². The first-order valence-corrected chi connectivity index (χ1v) is 8.67. The zero-order chi connectivity index (χ0) is 17.5. The molecule has 132 valence electrons. The van der Waals surface area contributed by atoms with Crippen molar-refractivity contribution < 1.29 is 9.53 Å². The first-order chi connectivity index (χ1) is 12.2. The number of nitrogens with one attached hydrogen (secondary N) is 1. The van der Waals surface area contributed by atoms with Gasteiger partial charge in [0.2, 0.25) is 5.91 Å². The van der Waals surface area contributed by atoms with E-state index in [2.05, 4.69) is 26.3 Å².